The van der Waals surface area contributed by atoms with Crippen molar-refractivity contribution in [3.05, 3.63) is 161 Å². The van der Waals surface area contributed by atoms with Crippen LogP contribution in [0.25, 0.3) is 22.6 Å². The third kappa shape index (κ3) is 28.4. The smallest absolute Gasteiger partial charge is 0.349 e. The number of nitrogens with zero attached hydrogens (tertiary/aromatic N) is 9. The number of amides is 4. The van der Waals surface area contributed by atoms with E-state index in [0.29, 0.717) is 63.3 Å². The second-order valence-corrected chi connectivity index (χ2v) is 26.8. The Morgan fingerprint density at radius 2 is 1.43 bits per heavy atom. The van der Waals surface area contributed by atoms with Gasteiger partial charge in [0, 0.05) is 97.6 Å². The number of pyridine rings is 3. The van der Waals surface area contributed by atoms with Crippen LogP contribution < -0.4 is 55.6 Å². The first-order valence-electron chi connectivity index (χ1n) is 32.8. The number of unbranched alkanes of at least 4 members (excludes halogenated alkanes) is 1. The van der Waals surface area contributed by atoms with Crippen LogP contribution in [-0.2, 0) is 47.1 Å². The van der Waals surface area contributed by atoms with Crippen molar-refractivity contribution in [3.63, 3.8) is 0 Å². The number of hydrogen-bond acceptors (Lipinski definition) is 28. The number of aromatic hydroxyl groups is 1. The first kappa shape index (κ1) is 91.4. The molecule has 2 fully saturated rings. The number of carbonyl (C=O) groups is 6. The standard InChI is InChI=1S/C17H20N4O6.C12H17N4OS.C10H16N2O3S.C9H17NO5.C8H11NO3.C6H6N2O.C6H5NO2.ClH/c1-7-3-9-10(4-8(7)2)21(5-11(23)14(25)12(24)6-22)15-13(18-9)16(26)20-17(27)19-15;1-8-11(3-4-17)18-7-16(8)6-10-5-14-9(2)15-12(10)13;13-8(14)4-2-1-3-7-9-6(5-16-7)11-10(15)12-9;1-9(2,5-11)7(14)8(15)10-4-3-6(12)13;1-5-8(12)7(4-11)6(3-10)2-9-5;7-6(9)5-2-1-3-8-4-5;8-6(9)5-2-1-3-7-4-5;/h3-4,11-12,14,22-25H,5-6H2,1-2H3,(H,20,26,27);5,7,17H,3-4,6H2,1-2H3,(H2,13,14,15);6-7,9H,1-5H2,(H,13,14)(H2,11,12,15);7,11,14H,3-5H2,1-2H3,(H,10,15)(H,12,13);2,10-12H,3-4H2,1H3;1-4H,(H2,7,9);1-4H,(H,8,9);1H/q;+1;;;;;;/p-1/t11-,12+,14-;;6-,7-,9-;7-;;;;/m1.00..../s1. The van der Waals surface area contributed by atoms with E-state index in [2.05, 4.69) is 60.4 Å². The second-order valence-electron chi connectivity index (χ2n) is 24.6. The first-order chi connectivity index (χ1) is 50.1. The van der Waals surface area contributed by atoms with E-state index in [1.807, 2.05) is 45.0 Å². The van der Waals surface area contributed by atoms with Gasteiger partial charge in [-0.2, -0.15) is 21.3 Å². The number of aliphatic hydroxyl groups is 9. The highest BCUT2D eigenvalue weighted by Crippen LogP contribution is 2.33. The van der Waals surface area contributed by atoms with Crippen molar-refractivity contribution >= 4 is 75.7 Å². The number of aryl methyl sites for hydroxylation is 4. The number of rotatable bonds is 24. The molecule has 0 radical (unpaired) electrons. The number of carboxylic acids is 3. The number of fused-ring (bicyclic) bond motifs is 3. The van der Waals surface area contributed by atoms with Gasteiger partial charge in [0.25, 0.3) is 5.56 Å². The summed E-state index contributed by atoms with van der Waals surface area (Å²) in [6.45, 7) is 11.3. The van der Waals surface area contributed by atoms with Gasteiger partial charge in [0.1, 0.15) is 41.8 Å². The summed E-state index contributed by atoms with van der Waals surface area (Å²) in [5.41, 5.74) is 17.0. The van der Waals surface area contributed by atoms with Gasteiger partial charge in [0.15, 0.2) is 23.8 Å². The number of nitrogen functional groups attached to an aromatic ring is 1. The highest BCUT2D eigenvalue weighted by atomic mass is 35.5. The number of thiazole rings is 1. The minimum Gasteiger partial charge on any atom is -1.00 e. The molecule has 0 spiro atoms. The van der Waals surface area contributed by atoms with Crippen molar-refractivity contribution in [1.82, 2.24) is 60.4 Å². The fourth-order valence-corrected chi connectivity index (χ4v) is 12.3. The zero-order valence-electron chi connectivity index (χ0n) is 59.6. The van der Waals surface area contributed by atoms with Crippen LogP contribution in [0, 0.1) is 40.0 Å². The lowest BCUT2D eigenvalue weighted by molar-refractivity contribution is -0.689. The van der Waals surface area contributed by atoms with Crippen LogP contribution in [0.4, 0.5) is 10.6 Å². The Morgan fingerprint density at radius 3 is 1.97 bits per heavy atom. The van der Waals surface area contributed by atoms with Crippen molar-refractivity contribution in [2.75, 3.05) is 37.9 Å². The van der Waals surface area contributed by atoms with Gasteiger partial charge < -0.3 is 111 Å². The maximum atomic E-state index is 12.2. The number of aliphatic hydroxyl groups excluding tert-OH is 9. The SMILES string of the molecule is CC(C)(CO)[C@@H](O)C(=O)NCCC(=O)O.Cc1cc2nc3c(=O)[nH]c(=O)nc-3n(C[C@@H](O)[C@@H](O)[C@@H](O)CO)c2cc1C.Cc1ncc(CO)c(CO)c1O.Cc1ncc(C[n+]2csc(CCO)c2C)c(N)n1.NC(=O)c1cccnc1.O=C(O)CCCC[C@@H]1SC[C@@H]2NC(=O)N[C@@H]21.O=C(O)c1cccnc1.[Cl-]. The number of nitrogens with two attached hydrogens (primary N) is 2. The lowest BCUT2D eigenvalue weighted by Gasteiger charge is -2.26. The monoisotopic (exact) mass is 1550 g/mol. The van der Waals surface area contributed by atoms with Crippen LogP contribution in [-0.4, -0.2) is 220 Å². The second kappa shape index (κ2) is 45.0. The van der Waals surface area contributed by atoms with Crippen LogP contribution in [0.3, 0.4) is 0 Å². The third-order valence-electron chi connectivity index (χ3n) is 16.1. The number of aromatic amines is 1. The number of hydrogen-bond donors (Lipinski definition) is 19. The summed E-state index contributed by atoms with van der Waals surface area (Å²) in [6, 6.07) is 10.3. The molecular weight excluding hydrogens is 1460 g/mol. The molecule has 1 aromatic carbocycles. The maximum absolute atomic E-state index is 12.2. The summed E-state index contributed by atoms with van der Waals surface area (Å²) < 4.78 is 3.51. The van der Waals surface area contributed by atoms with E-state index in [1.54, 1.807) is 61.0 Å². The Morgan fingerprint density at radius 1 is 0.794 bits per heavy atom. The number of halogens is 1. The quantitative estimate of drug-likeness (QED) is 0.0122. The van der Waals surface area contributed by atoms with E-state index >= 15 is 0 Å². The molecule has 10 rings (SSSR count). The van der Waals surface area contributed by atoms with Crippen molar-refractivity contribution in [3.8, 4) is 17.3 Å². The van der Waals surface area contributed by atoms with Crippen LogP contribution in [0.5, 0.6) is 5.75 Å². The molecule has 0 bridgehead atoms. The molecule has 9 heterocycles. The van der Waals surface area contributed by atoms with Crippen molar-refractivity contribution in [2.45, 2.75) is 155 Å². The lowest BCUT2D eigenvalue weighted by atomic mass is 9.87. The number of carboxylic acid groups (broad SMARTS) is 3. The fraction of sp³-hybridized carbons (Fsp3) is 0.441. The maximum Gasteiger partial charge on any atom is 0.349 e. The number of H-pyrrole nitrogens is 1. The zero-order valence-corrected chi connectivity index (χ0v) is 62.0. The summed E-state index contributed by atoms with van der Waals surface area (Å²) in [5.74, 6) is -1.71. The highest BCUT2D eigenvalue weighted by molar-refractivity contribution is 8.00. The molecule has 6 aromatic rings. The molecule has 107 heavy (non-hydrogen) atoms. The molecule has 4 aliphatic rings. The predicted molar refractivity (Wildman–Crippen MR) is 386 cm³/mol. The molecule has 0 saturated carbocycles. The number of carbonyl (C=O) groups excluding carboxylic acids is 3. The van der Waals surface area contributed by atoms with Crippen LogP contribution in [0.2, 0.25) is 0 Å². The molecule has 36 nitrogen and oxygen atoms in total. The van der Waals surface area contributed by atoms with Gasteiger partial charge in [-0.3, -0.25) is 43.9 Å². The van der Waals surface area contributed by atoms with Gasteiger partial charge in [-0.1, -0.05) is 31.6 Å². The number of primary amides is 1. The van der Waals surface area contributed by atoms with E-state index in [0.717, 1.165) is 47.4 Å². The van der Waals surface area contributed by atoms with Gasteiger partial charge in [0.2, 0.25) is 17.3 Å². The molecule has 4 amide bonds. The van der Waals surface area contributed by atoms with Gasteiger partial charge in [-0.15, -0.1) is 0 Å². The molecule has 21 N–H and O–H groups in total. The third-order valence-corrected chi connectivity index (χ3v) is 18.8. The number of anilines is 1. The number of thioether (sulfide) groups is 1. The Kier molecular flexibility index (Phi) is 38.4. The summed E-state index contributed by atoms with van der Waals surface area (Å²) in [5, 5.41) is 127. The summed E-state index contributed by atoms with van der Waals surface area (Å²) in [6.07, 6.45) is 6.43. The molecule has 5 aromatic heterocycles. The summed E-state index contributed by atoms with van der Waals surface area (Å²) in [7, 11) is 0. The number of aliphatic carboxylic acids is 2. The van der Waals surface area contributed by atoms with E-state index in [9.17, 15) is 63.9 Å². The molecule has 39 heteroatoms. The van der Waals surface area contributed by atoms with Gasteiger partial charge >= 0.3 is 29.6 Å². The zero-order chi connectivity index (χ0) is 79.1. The normalized spacial score (nSPS) is 15.0. The molecule has 4 aliphatic heterocycles. The van der Waals surface area contributed by atoms with E-state index in [4.69, 9.17) is 52.3 Å². The van der Waals surface area contributed by atoms with Gasteiger partial charge in [-0.25, -0.2) is 29.3 Å². The van der Waals surface area contributed by atoms with Gasteiger partial charge in [0.05, 0.1) is 89.8 Å². The predicted octanol–water partition coefficient (Wildman–Crippen LogP) is -3.32. The Bertz CT molecular complexity index is 4250. The van der Waals surface area contributed by atoms with E-state index < -0.39 is 77.4 Å². The molecule has 0 unspecified atom stereocenters. The molecule has 584 valence electrons. The average molecular weight is 1560 g/mol. The summed E-state index contributed by atoms with van der Waals surface area (Å²) in [4.78, 5) is 118. The fourth-order valence-electron chi connectivity index (χ4n) is 9.75. The first-order valence-corrected chi connectivity index (χ1v) is 34.7. The number of urea groups is 1. The highest BCUT2D eigenvalue weighted by Gasteiger charge is 2.42. The number of nitrogens with one attached hydrogen (secondary N) is 4. The number of aromatic nitrogens is 10. The van der Waals surface area contributed by atoms with E-state index in [1.165, 1.54) is 54.1 Å². The van der Waals surface area contributed by atoms with Crippen molar-refractivity contribution in [1.29, 1.82) is 0 Å². The molecule has 2 saturated heterocycles. The molecule has 0 aliphatic carbocycles. The minimum atomic E-state index is -1.64. The minimum absolute atomic E-state index is 0. The van der Waals surface area contributed by atoms with Crippen molar-refractivity contribution < 1.29 is 112 Å². The lowest BCUT2D eigenvalue weighted by Crippen LogP contribution is -3.00. The van der Waals surface area contributed by atoms with Crippen LogP contribution in [0.1, 0.15) is 117 Å². The van der Waals surface area contributed by atoms with Crippen LogP contribution in [0.15, 0.2) is 88.7 Å². The summed E-state index contributed by atoms with van der Waals surface area (Å²) >= 11 is 3.52. The Balaban J connectivity index is 0.000000334. The Hall–Kier alpha value is -9.84. The van der Waals surface area contributed by atoms with Gasteiger partial charge in [-0.05, 0) is 88.1 Å². The van der Waals surface area contributed by atoms with Crippen LogP contribution >= 0.6 is 23.1 Å². The average Bonchev–Trinajstić information content (AvgIpc) is 1.61. The largest absolute Gasteiger partial charge is 1.00 e. The number of benzene rings is 1. The molecule has 7 atom stereocenters. The topological polar surface area (TPSA) is 603 Å². The number of aromatic carboxylic acids is 1. The van der Waals surface area contributed by atoms with Crippen molar-refractivity contribution in [2.24, 2.45) is 11.1 Å². The van der Waals surface area contributed by atoms with E-state index in [-0.39, 0.29) is 106 Å². The molecular formula is C68H92ClN15O21S2. The Labute approximate surface area is 627 Å².